The Morgan fingerprint density at radius 1 is 1.22 bits per heavy atom. The van der Waals surface area contributed by atoms with E-state index in [2.05, 4.69) is 0 Å². The summed E-state index contributed by atoms with van der Waals surface area (Å²) in [5.41, 5.74) is -2.09. The van der Waals surface area contributed by atoms with Crippen LogP contribution >= 0.6 is 46.4 Å². The van der Waals surface area contributed by atoms with Gasteiger partial charge in [-0.25, -0.2) is 8.78 Å². The topological polar surface area (TPSA) is 0 Å². The van der Waals surface area contributed by atoms with E-state index in [0.717, 1.165) is 0 Å². The molecule has 0 spiro atoms. The van der Waals surface area contributed by atoms with Crippen LogP contribution in [0.25, 0.3) is 0 Å². The average Bonchev–Trinajstić information content (AvgIpc) is 1.62. The van der Waals surface area contributed by atoms with Gasteiger partial charge in [0.15, 0.2) is 5.63 Å². The fourth-order valence-corrected chi connectivity index (χ4v) is 0.667. The minimum Gasteiger partial charge on any atom is -0.228 e. The van der Waals surface area contributed by atoms with Crippen LogP contribution < -0.4 is 0 Å². The summed E-state index contributed by atoms with van der Waals surface area (Å²) in [7, 11) is 0. The molecule has 0 aromatic rings. The van der Waals surface area contributed by atoms with Crippen molar-refractivity contribution in [3.63, 3.8) is 0 Å². The summed E-state index contributed by atoms with van der Waals surface area (Å²) in [6.07, 6.45) is 0. The molecule has 2 unspecified atom stereocenters. The molecule has 56 valence electrons. The lowest BCUT2D eigenvalue weighted by Crippen LogP contribution is -2.27. The van der Waals surface area contributed by atoms with Gasteiger partial charge < -0.3 is 0 Å². The molecular weight excluding hydrogens is 216 g/mol. The highest BCUT2D eigenvalue weighted by Gasteiger charge is 2.38. The minimum atomic E-state index is -2.82. The van der Waals surface area contributed by atoms with Crippen molar-refractivity contribution < 1.29 is 8.78 Å². The van der Waals surface area contributed by atoms with Gasteiger partial charge in [-0.2, -0.15) is 0 Å². The van der Waals surface area contributed by atoms with Gasteiger partial charge in [-0.1, -0.05) is 34.8 Å². The fraction of sp³-hybridized carbons (Fsp3) is 1.00. The first-order valence-corrected chi connectivity index (χ1v) is 3.47. The van der Waals surface area contributed by atoms with E-state index in [1.807, 2.05) is 0 Å². The van der Waals surface area contributed by atoms with Gasteiger partial charge in [0.1, 0.15) is 5.38 Å². The summed E-state index contributed by atoms with van der Waals surface area (Å²) in [4.78, 5) is 0. The largest absolute Gasteiger partial charge is 0.277 e. The summed E-state index contributed by atoms with van der Waals surface area (Å²) >= 11 is 19.1. The van der Waals surface area contributed by atoms with Gasteiger partial charge in [-0.3, -0.25) is 0 Å². The summed E-state index contributed by atoms with van der Waals surface area (Å²) in [5.74, 6) is 0. The molecule has 0 fully saturated rings. The summed E-state index contributed by atoms with van der Waals surface area (Å²) < 4.78 is 21.1. The van der Waals surface area contributed by atoms with Gasteiger partial charge in [0.05, 0.1) is 0 Å². The molecule has 2 atom stereocenters. The molecule has 0 rings (SSSR count). The Morgan fingerprint density at radius 3 is 1.56 bits per heavy atom. The summed E-state index contributed by atoms with van der Waals surface area (Å²) in [6.45, 7) is 0. The Labute approximate surface area is 71.0 Å². The third-order valence-electron chi connectivity index (χ3n) is 0.534. The molecule has 0 aliphatic heterocycles. The molecule has 0 radical (unpaired) electrons. The van der Waals surface area contributed by atoms with E-state index in [1.165, 1.54) is 0 Å². The molecule has 0 aliphatic carbocycles. The number of alkyl halides is 6. The van der Waals surface area contributed by atoms with Crippen molar-refractivity contribution in [1.29, 1.82) is 0 Å². The zero-order chi connectivity index (χ0) is 7.65. The monoisotopic (exact) mass is 216 g/mol. The molecule has 0 bridgehead atoms. The van der Waals surface area contributed by atoms with Crippen LogP contribution in [0.15, 0.2) is 0 Å². The highest BCUT2D eigenvalue weighted by Crippen LogP contribution is 2.34. The SMILES string of the molecule is FC(Cl)C(Cl)C(F)(Cl)Cl. The van der Waals surface area contributed by atoms with Crippen LogP contribution in [-0.2, 0) is 0 Å². The van der Waals surface area contributed by atoms with E-state index in [4.69, 9.17) is 46.4 Å². The quantitative estimate of drug-likeness (QED) is 0.624. The number of rotatable bonds is 2. The zero-order valence-electron chi connectivity index (χ0n) is 3.92. The Bertz CT molecular complexity index is 88.3. The predicted molar refractivity (Wildman–Crippen MR) is 35.9 cm³/mol. The van der Waals surface area contributed by atoms with E-state index in [-0.39, 0.29) is 0 Å². The van der Waals surface area contributed by atoms with Crippen LogP contribution in [0.5, 0.6) is 0 Å². The van der Waals surface area contributed by atoms with Crippen LogP contribution in [0.4, 0.5) is 8.78 Å². The van der Waals surface area contributed by atoms with E-state index in [9.17, 15) is 8.78 Å². The van der Waals surface area contributed by atoms with Gasteiger partial charge in [-0.05, 0) is 0 Å². The Morgan fingerprint density at radius 2 is 1.56 bits per heavy atom. The van der Waals surface area contributed by atoms with Crippen LogP contribution in [-0.4, -0.2) is 15.6 Å². The first kappa shape index (κ1) is 10.0. The summed E-state index contributed by atoms with van der Waals surface area (Å²) in [5, 5.41) is -1.75. The van der Waals surface area contributed by atoms with E-state index in [0.29, 0.717) is 0 Å². The number of halogens is 6. The maximum atomic E-state index is 12.1. The van der Waals surface area contributed by atoms with Gasteiger partial charge in [0, 0.05) is 0 Å². The fourth-order valence-electron chi connectivity index (χ4n) is 0.143. The van der Waals surface area contributed by atoms with Crippen molar-refractivity contribution in [3.8, 4) is 0 Å². The molecule has 0 amide bonds. The smallest absolute Gasteiger partial charge is 0.228 e. The van der Waals surface area contributed by atoms with Crippen LogP contribution in [0, 0.1) is 0 Å². The lowest BCUT2D eigenvalue weighted by molar-refractivity contribution is 0.310. The minimum absolute atomic E-state index is 1.75. The second-order valence-corrected chi connectivity index (χ2v) is 3.46. The van der Waals surface area contributed by atoms with Crippen molar-refractivity contribution in [1.82, 2.24) is 0 Å². The molecule has 9 heavy (non-hydrogen) atoms. The second-order valence-electron chi connectivity index (χ2n) is 1.28. The molecule has 6 heteroatoms. The van der Waals surface area contributed by atoms with Gasteiger partial charge >= 0.3 is 0 Å². The maximum absolute atomic E-state index is 12.1. The van der Waals surface area contributed by atoms with E-state index in [1.54, 1.807) is 0 Å². The van der Waals surface area contributed by atoms with Gasteiger partial charge in [-0.15, -0.1) is 11.6 Å². The van der Waals surface area contributed by atoms with Gasteiger partial charge in [0.2, 0.25) is 0 Å². The van der Waals surface area contributed by atoms with E-state index >= 15 is 0 Å². The van der Waals surface area contributed by atoms with E-state index < -0.39 is 15.6 Å². The maximum Gasteiger partial charge on any atom is 0.277 e. The Hall–Kier alpha value is 1.02. The number of hydrogen-bond acceptors (Lipinski definition) is 0. The van der Waals surface area contributed by atoms with Crippen LogP contribution in [0.1, 0.15) is 0 Å². The third-order valence-corrected chi connectivity index (χ3v) is 2.13. The first-order valence-electron chi connectivity index (χ1n) is 1.84. The van der Waals surface area contributed by atoms with Gasteiger partial charge in [0.25, 0.3) is 4.59 Å². The van der Waals surface area contributed by atoms with Crippen LogP contribution in [0.3, 0.4) is 0 Å². The van der Waals surface area contributed by atoms with Crippen molar-refractivity contribution in [2.75, 3.05) is 0 Å². The highest BCUT2D eigenvalue weighted by molar-refractivity contribution is 6.52. The Balaban J connectivity index is 3.88. The molecule has 0 nitrogen and oxygen atoms in total. The molecule has 0 saturated heterocycles. The average molecular weight is 218 g/mol. The van der Waals surface area contributed by atoms with Crippen LogP contribution in [0.2, 0.25) is 0 Å². The standard InChI is InChI=1S/C3H2Cl4F2/c4-1(2(5)8)3(6,7)9/h1-2H. The molecule has 0 saturated carbocycles. The lowest BCUT2D eigenvalue weighted by atomic mass is 10.5. The predicted octanol–water partition coefficient (Wildman–Crippen LogP) is 3.23. The van der Waals surface area contributed by atoms with Crippen molar-refractivity contribution >= 4 is 46.4 Å². The van der Waals surface area contributed by atoms with Crippen molar-refractivity contribution in [2.24, 2.45) is 0 Å². The lowest BCUT2D eigenvalue weighted by Gasteiger charge is -2.15. The highest BCUT2D eigenvalue weighted by atomic mass is 35.5. The Kier molecular flexibility index (Phi) is 3.81. The molecule has 0 aromatic heterocycles. The molecule has 0 aromatic carbocycles. The third kappa shape index (κ3) is 3.66. The zero-order valence-corrected chi connectivity index (χ0v) is 6.95. The summed E-state index contributed by atoms with van der Waals surface area (Å²) in [6, 6.07) is 0. The molecule has 0 aliphatic rings. The van der Waals surface area contributed by atoms with Crippen molar-refractivity contribution in [3.05, 3.63) is 0 Å². The first-order chi connectivity index (χ1) is 3.85. The molecule has 0 N–H and O–H groups in total. The normalized spacial score (nSPS) is 19.3. The second kappa shape index (κ2) is 3.42. The molecule has 0 heterocycles. The molecular formula is C3H2Cl4F2. The van der Waals surface area contributed by atoms with Crippen molar-refractivity contribution in [2.45, 2.75) is 15.6 Å². The number of hydrogen-bond donors (Lipinski definition) is 0.